The number of hydrogen-bond donors (Lipinski definition) is 0. The van der Waals surface area contributed by atoms with Crippen molar-refractivity contribution in [2.75, 3.05) is 0 Å². The molecule has 0 aliphatic heterocycles. The summed E-state index contributed by atoms with van der Waals surface area (Å²) in [4.78, 5) is 0. The average Bonchev–Trinajstić information content (AvgIpc) is 3.67. The van der Waals surface area contributed by atoms with Crippen molar-refractivity contribution in [1.29, 1.82) is 0 Å². The summed E-state index contributed by atoms with van der Waals surface area (Å²) in [5.41, 5.74) is 4.78. The van der Waals surface area contributed by atoms with Gasteiger partial charge >= 0.3 is 0 Å². The smallest absolute Gasteiger partial charge is 0.143 e. The van der Waals surface area contributed by atoms with Gasteiger partial charge in [-0.25, -0.2) is 0 Å². The van der Waals surface area contributed by atoms with E-state index in [1.165, 1.54) is 0 Å². The molecule has 236 valence electrons. The van der Waals surface area contributed by atoms with Crippen LogP contribution in [0.4, 0.5) is 0 Å². The zero-order chi connectivity index (χ0) is 40.4. The van der Waals surface area contributed by atoms with Gasteiger partial charge in [-0.15, -0.1) is 0 Å². The first-order valence-electron chi connectivity index (χ1n) is 20.9. The molecule has 11 rings (SSSR count). The van der Waals surface area contributed by atoms with Crippen molar-refractivity contribution in [3.05, 3.63) is 182 Å². The van der Waals surface area contributed by atoms with Crippen LogP contribution in [0, 0.1) is 0 Å². The highest BCUT2D eigenvalue weighted by molar-refractivity contribution is 6.24. The quantitative estimate of drug-likeness (QED) is 0.173. The van der Waals surface area contributed by atoms with Crippen LogP contribution in [0.5, 0.6) is 0 Å². The van der Waals surface area contributed by atoms with Gasteiger partial charge in [0.1, 0.15) is 11.2 Å². The minimum absolute atomic E-state index is 0.173. The summed E-state index contributed by atoms with van der Waals surface area (Å²) in [6.45, 7) is 0. The molecule has 10 aromatic carbocycles. The molecular formula is C50H30O. The molecule has 11 aromatic rings. The molecule has 1 heteroatoms. The van der Waals surface area contributed by atoms with Crippen molar-refractivity contribution in [1.82, 2.24) is 0 Å². The number of hydrogen-bond acceptors (Lipinski definition) is 1. The summed E-state index contributed by atoms with van der Waals surface area (Å²) in [6.07, 6.45) is 0. The topological polar surface area (TPSA) is 13.1 Å². The van der Waals surface area contributed by atoms with Gasteiger partial charge in [0, 0.05) is 16.3 Å². The summed E-state index contributed by atoms with van der Waals surface area (Å²) in [5.74, 6) is 0. The maximum atomic E-state index is 9.52. The third-order valence-electron chi connectivity index (χ3n) is 10.2. The monoisotopic (exact) mass is 654 g/mol. The lowest BCUT2D eigenvalue weighted by Crippen LogP contribution is -1.92. The average molecular weight is 655 g/mol. The molecule has 1 nitrogen and oxygen atoms in total. The van der Waals surface area contributed by atoms with Crippen molar-refractivity contribution in [3.63, 3.8) is 0 Å². The fourth-order valence-corrected chi connectivity index (χ4v) is 8.01. The number of benzene rings is 10. The van der Waals surface area contributed by atoms with Crippen LogP contribution < -0.4 is 0 Å². The summed E-state index contributed by atoms with van der Waals surface area (Å²) >= 11 is 0. The fraction of sp³-hybridized carbons (Fsp3) is 0. The van der Waals surface area contributed by atoms with Gasteiger partial charge in [0.15, 0.2) is 0 Å². The van der Waals surface area contributed by atoms with Crippen LogP contribution in [0.1, 0.15) is 11.0 Å². The summed E-state index contributed by atoms with van der Waals surface area (Å²) in [5, 5.41) is 8.42. The lowest BCUT2D eigenvalue weighted by molar-refractivity contribution is 0.670. The second-order valence-corrected chi connectivity index (χ2v) is 13.0. The Morgan fingerprint density at radius 3 is 1.69 bits per heavy atom. The van der Waals surface area contributed by atoms with Gasteiger partial charge in [0.05, 0.1) is 11.0 Å². The van der Waals surface area contributed by atoms with Crippen molar-refractivity contribution < 1.29 is 15.4 Å². The van der Waals surface area contributed by atoms with E-state index in [-0.39, 0.29) is 45.7 Å². The molecule has 0 fully saturated rings. The van der Waals surface area contributed by atoms with Gasteiger partial charge in [-0.3, -0.25) is 0 Å². The number of furan rings is 1. The van der Waals surface area contributed by atoms with E-state index in [1.807, 2.05) is 109 Å². The Labute approximate surface area is 305 Å². The highest BCUT2D eigenvalue weighted by atomic mass is 16.3. The van der Waals surface area contributed by atoms with Crippen molar-refractivity contribution in [3.8, 4) is 33.4 Å². The van der Waals surface area contributed by atoms with Crippen molar-refractivity contribution >= 4 is 75.8 Å². The molecule has 0 N–H and O–H groups in total. The Morgan fingerprint density at radius 2 is 0.941 bits per heavy atom. The molecular weight excluding hydrogens is 617 g/mol. The Hall–Kier alpha value is -6.70. The third-order valence-corrected chi connectivity index (χ3v) is 10.2. The Kier molecular flexibility index (Phi) is 4.57. The molecule has 0 saturated carbocycles. The van der Waals surface area contributed by atoms with Gasteiger partial charge in [0.25, 0.3) is 0 Å². The van der Waals surface area contributed by atoms with Crippen molar-refractivity contribution in [2.24, 2.45) is 0 Å². The standard InChI is InChI=1S/C50H30O/c1-2-14-33-28-35(25-24-31(33)12-1)47-39-18-7-9-20-41(39)48(42-21-10-8-19-40(42)47)36-29-34-15-4-5-16-37(34)45(30-36)43-22-11-23-44-49-38-17-6-3-13-32(38)26-27-46(49)51-50(43)44/h1-30H/i7D,8D,9D,10D,18D,19D,20D,21D. The van der Waals surface area contributed by atoms with E-state index in [4.69, 9.17) is 9.90 Å². The molecule has 0 aliphatic carbocycles. The van der Waals surface area contributed by atoms with E-state index < -0.39 is 24.2 Å². The van der Waals surface area contributed by atoms with Crippen LogP contribution in [-0.4, -0.2) is 0 Å². The normalized spacial score (nSPS) is 14.1. The van der Waals surface area contributed by atoms with E-state index in [1.54, 1.807) is 0 Å². The maximum absolute atomic E-state index is 9.52. The second kappa shape index (κ2) is 10.9. The van der Waals surface area contributed by atoms with Crippen LogP contribution in [-0.2, 0) is 0 Å². The molecule has 0 saturated heterocycles. The molecule has 0 bridgehead atoms. The van der Waals surface area contributed by atoms with Crippen LogP contribution in [0.25, 0.3) is 109 Å². The Morgan fingerprint density at radius 1 is 0.373 bits per heavy atom. The van der Waals surface area contributed by atoms with Crippen LogP contribution in [0.15, 0.2) is 186 Å². The van der Waals surface area contributed by atoms with Crippen LogP contribution >= 0.6 is 0 Å². The van der Waals surface area contributed by atoms with E-state index in [0.29, 0.717) is 27.8 Å². The Balaban J connectivity index is 1.33. The molecule has 0 atom stereocenters. The zero-order valence-electron chi connectivity index (χ0n) is 35.1. The predicted octanol–water partition coefficient (Wildman–Crippen LogP) is 14.4. The largest absolute Gasteiger partial charge is 0.455 e. The fourth-order valence-electron chi connectivity index (χ4n) is 8.01. The van der Waals surface area contributed by atoms with Gasteiger partial charge in [-0.1, -0.05) is 158 Å². The molecule has 1 heterocycles. The SMILES string of the molecule is [2H]c1c([2H])c([2H])c2c(-c3cc(-c4cccc5c4oc4ccc6ccccc6c45)c4ccccc4c3)c3c([2H])c([2H])c([2H])c([2H])c3c(-c3ccc4ccccc4c3)c2c1[2H]. The summed E-state index contributed by atoms with van der Waals surface area (Å²) in [6, 6.07) is 40.7. The molecule has 1 aromatic heterocycles. The minimum Gasteiger partial charge on any atom is -0.455 e. The third kappa shape index (κ3) is 4.22. The molecule has 0 aliphatic rings. The van der Waals surface area contributed by atoms with Gasteiger partial charge in [-0.2, -0.15) is 0 Å². The van der Waals surface area contributed by atoms with E-state index in [0.717, 1.165) is 59.8 Å². The highest BCUT2D eigenvalue weighted by Crippen LogP contribution is 2.47. The first-order valence-corrected chi connectivity index (χ1v) is 16.9. The van der Waals surface area contributed by atoms with E-state index >= 15 is 0 Å². The lowest BCUT2D eigenvalue weighted by atomic mass is 9.84. The first-order chi connectivity index (χ1) is 28.6. The highest BCUT2D eigenvalue weighted by Gasteiger charge is 2.20. The van der Waals surface area contributed by atoms with Gasteiger partial charge in [-0.05, 0) is 106 Å². The number of fused-ring (bicyclic) bond motifs is 9. The van der Waals surface area contributed by atoms with E-state index in [2.05, 4.69) is 24.3 Å². The van der Waals surface area contributed by atoms with Crippen LogP contribution in [0.3, 0.4) is 0 Å². The van der Waals surface area contributed by atoms with E-state index in [9.17, 15) is 5.48 Å². The molecule has 0 unspecified atom stereocenters. The second-order valence-electron chi connectivity index (χ2n) is 13.0. The van der Waals surface area contributed by atoms with Crippen LogP contribution in [0.2, 0.25) is 0 Å². The molecule has 51 heavy (non-hydrogen) atoms. The Bertz CT molecular complexity index is 3580. The van der Waals surface area contributed by atoms with Gasteiger partial charge in [0.2, 0.25) is 0 Å². The van der Waals surface area contributed by atoms with Gasteiger partial charge < -0.3 is 4.42 Å². The lowest BCUT2D eigenvalue weighted by Gasteiger charge is -2.19. The minimum atomic E-state index is -0.436. The molecule has 0 amide bonds. The number of para-hydroxylation sites is 1. The molecule has 0 spiro atoms. The first kappa shape index (κ1) is 21.4. The predicted molar refractivity (Wildman–Crippen MR) is 218 cm³/mol. The number of rotatable bonds is 3. The summed E-state index contributed by atoms with van der Waals surface area (Å²) < 4.78 is 80.3. The maximum Gasteiger partial charge on any atom is 0.143 e. The summed E-state index contributed by atoms with van der Waals surface area (Å²) in [7, 11) is 0. The molecule has 0 radical (unpaired) electrons. The van der Waals surface area contributed by atoms with Crippen molar-refractivity contribution in [2.45, 2.75) is 0 Å². The zero-order valence-corrected chi connectivity index (χ0v) is 27.1.